The Balaban J connectivity index is 4.19. The Morgan fingerprint density at radius 1 is 1.13 bits per heavy atom. The molecule has 0 rings (SSSR count). The van der Waals surface area contributed by atoms with Crippen LogP contribution in [0.3, 0.4) is 0 Å². The standard InChI is InChI=1S/C12H24S3/c1-9(2)14-10(13)15-12(6,7)8-11(3,4)5/h9H,8H2,1-7H3. The molecule has 0 aliphatic rings. The number of hydrogen-bond donors (Lipinski definition) is 0. The maximum absolute atomic E-state index is 5.39. The van der Waals surface area contributed by atoms with Crippen molar-refractivity contribution < 1.29 is 0 Å². The van der Waals surface area contributed by atoms with E-state index in [9.17, 15) is 0 Å². The van der Waals surface area contributed by atoms with Crippen LogP contribution in [-0.4, -0.2) is 13.5 Å². The van der Waals surface area contributed by atoms with Gasteiger partial charge in [0.2, 0.25) is 0 Å². The van der Waals surface area contributed by atoms with Gasteiger partial charge in [0.15, 0.2) is 0 Å². The monoisotopic (exact) mass is 264 g/mol. The van der Waals surface area contributed by atoms with Crippen LogP contribution < -0.4 is 0 Å². The Morgan fingerprint density at radius 3 is 1.93 bits per heavy atom. The van der Waals surface area contributed by atoms with E-state index >= 15 is 0 Å². The third-order valence-electron chi connectivity index (χ3n) is 1.65. The third-order valence-corrected chi connectivity index (χ3v) is 4.25. The molecule has 0 bridgehead atoms. The lowest BCUT2D eigenvalue weighted by Gasteiger charge is -2.31. The summed E-state index contributed by atoms with van der Waals surface area (Å²) in [5.41, 5.74) is 0.370. The van der Waals surface area contributed by atoms with Crippen LogP contribution in [-0.2, 0) is 0 Å². The van der Waals surface area contributed by atoms with Crippen molar-refractivity contribution in [3.05, 3.63) is 0 Å². The molecule has 0 aliphatic heterocycles. The fraction of sp³-hybridized carbons (Fsp3) is 0.917. The van der Waals surface area contributed by atoms with Crippen LogP contribution in [0.15, 0.2) is 0 Å². The number of hydrogen-bond acceptors (Lipinski definition) is 3. The normalized spacial score (nSPS) is 13.3. The van der Waals surface area contributed by atoms with Gasteiger partial charge in [-0.1, -0.05) is 60.7 Å². The molecule has 0 aromatic carbocycles. The van der Waals surface area contributed by atoms with Crippen molar-refractivity contribution in [3.8, 4) is 0 Å². The molecule has 0 atom stereocenters. The van der Waals surface area contributed by atoms with Crippen molar-refractivity contribution in [1.82, 2.24) is 0 Å². The molecule has 0 N–H and O–H groups in total. The molecule has 0 heterocycles. The average Bonchev–Trinajstić information content (AvgIpc) is 1.73. The molecule has 0 nitrogen and oxygen atoms in total. The van der Waals surface area contributed by atoms with Gasteiger partial charge in [-0.05, 0) is 11.8 Å². The zero-order valence-corrected chi connectivity index (χ0v) is 13.5. The molecule has 0 unspecified atom stereocenters. The summed E-state index contributed by atoms with van der Waals surface area (Å²) in [6, 6.07) is 0. The first-order valence-electron chi connectivity index (χ1n) is 5.41. The van der Waals surface area contributed by atoms with Gasteiger partial charge in [0.05, 0.1) is 0 Å². The molecule has 0 radical (unpaired) electrons. The molecule has 0 fully saturated rings. The van der Waals surface area contributed by atoms with Gasteiger partial charge in [0, 0.05) is 10.00 Å². The lowest BCUT2D eigenvalue weighted by molar-refractivity contribution is 0.340. The first-order valence-corrected chi connectivity index (χ1v) is 7.52. The Hall–Kier alpha value is 0.790. The SMILES string of the molecule is CC(C)SC(=S)SC(C)(C)CC(C)(C)C. The molecular formula is C12H24S3. The second kappa shape index (κ2) is 5.92. The number of thiocarbonyl (C=S) groups is 1. The molecule has 3 heteroatoms. The number of rotatable bonds is 3. The van der Waals surface area contributed by atoms with Gasteiger partial charge in [-0.3, -0.25) is 0 Å². The Labute approximate surface area is 109 Å². The summed E-state index contributed by atoms with van der Waals surface area (Å²) in [6.07, 6.45) is 1.18. The third kappa shape index (κ3) is 9.70. The zero-order valence-electron chi connectivity index (χ0n) is 11.0. The summed E-state index contributed by atoms with van der Waals surface area (Å²) in [4.78, 5) is 0. The van der Waals surface area contributed by atoms with Gasteiger partial charge < -0.3 is 0 Å². The van der Waals surface area contributed by atoms with Crippen molar-refractivity contribution in [2.45, 2.75) is 64.9 Å². The van der Waals surface area contributed by atoms with Crippen LogP contribution >= 0.6 is 35.7 Å². The summed E-state index contributed by atoms with van der Waals surface area (Å²) >= 11 is 9.05. The van der Waals surface area contributed by atoms with E-state index in [1.807, 2.05) is 11.8 Å². The molecule has 0 amide bonds. The highest BCUT2D eigenvalue weighted by molar-refractivity contribution is 8.47. The Morgan fingerprint density at radius 2 is 1.60 bits per heavy atom. The average molecular weight is 265 g/mol. The summed E-state index contributed by atoms with van der Waals surface area (Å²) in [6.45, 7) is 15.8. The van der Waals surface area contributed by atoms with Crippen molar-refractivity contribution in [1.29, 1.82) is 0 Å². The molecule has 0 saturated carbocycles. The molecule has 15 heavy (non-hydrogen) atoms. The summed E-state index contributed by atoms with van der Waals surface area (Å²) in [5, 5.41) is 0.593. The zero-order chi connectivity index (χ0) is 12.3. The highest BCUT2D eigenvalue weighted by atomic mass is 32.2. The van der Waals surface area contributed by atoms with Gasteiger partial charge in [-0.15, -0.1) is 23.5 Å². The van der Waals surface area contributed by atoms with Crippen molar-refractivity contribution in [3.63, 3.8) is 0 Å². The van der Waals surface area contributed by atoms with Gasteiger partial charge in [0.25, 0.3) is 0 Å². The van der Waals surface area contributed by atoms with Crippen LogP contribution in [0.5, 0.6) is 0 Å². The summed E-state index contributed by atoms with van der Waals surface area (Å²) in [5.74, 6) is 0. The first kappa shape index (κ1) is 15.8. The number of thioether (sulfide) groups is 2. The second-order valence-corrected chi connectivity index (χ2v) is 10.5. The molecule has 90 valence electrons. The Kier molecular flexibility index (Phi) is 6.24. The molecule has 0 spiro atoms. The van der Waals surface area contributed by atoms with E-state index in [1.165, 1.54) is 6.42 Å². The first-order chi connectivity index (χ1) is 6.52. The topological polar surface area (TPSA) is 0 Å². The van der Waals surface area contributed by atoms with Gasteiger partial charge in [0.1, 0.15) is 3.53 Å². The maximum atomic E-state index is 5.39. The fourth-order valence-electron chi connectivity index (χ4n) is 1.76. The van der Waals surface area contributed by atoms with Crippen molar-refractivity contribution in [2.75, 3.05) is 0 Å². The van der Waals surface area contributed by atoms with Crippen LogP contribution in [0.25, 0.3) is 0 Å². The van der Waals surface area contributed by atoms with Gasteiger partial charge in [-0.25, -0.2) is 0 Å². The van der Waals surface area contributed by atoms with E-state index in [1.54, 1.807) is 11.8 Å². The smallest absolute Gasteiger partial charge is 0.105 e. The lowest BCUT2D eigenvalue weighted by Crippen LogP contribution is -2.24. The van der Waals surface area contributed by atoms with E-state index in [-0.39, 0.29) is 4.75 Å². The maximum Gasteiger partial charge on any atom is 0.105 e. The van der Waals surface area contributed by atoms with Crippen molar-refractivity contribution >= 4 is 39.3 Å². The predicted octanol–water partition coefficient (Wildman–Crippen LogP) is 5.36. The van der Waals surface area contributed by atoms with E-state index < -0.39 is 0 Å². The van der Waals surface area contributed by atoms with Crippen LogP contribution in [0.4, 0.5) is 0 Å². The fourth-order valence-corrected chi connectivity index (χ4v) is 5.80. The van der Waals surface area contributed by atoms with Crippen molar-refractivity contribution in [2.24, 2.45) is 5.41 Å². The van der Waals surface area contributed by atoms with Crippen LogP contribution in [0, 0.1) is 5.41 Å². The van der Waals surface area contributed by atoms with Crippen LogP contribution in [0.1, 0.15) is 54.9 Å². The lowest BCUT2D eigenvalue weighted by atomic mass is 9.86. The minimum Gasteiger partial charge on any atom is -0.105 e. The van der Waals surface area contributed by atoms with E-state index in [2.05, 4.69) is 48.5 Å². The quantitative estimate of drug-likeness (QED) is 0.630. The molecule has 0 aromatic rings. The van der Waals surface area contributed by atoms with Crippen LogP contribution in [0.2, 0.25) is 0 Å². The molecule has 0 aliphatic carbocycles. The molecule has 0 aromatic heterocycles. The second-order valence-electron chi connectivity index (χ2n) is 6.02. The summed E-state index contributed by atoms with van der Waals surface area (Å²) < 4.78 is 1.33. The highest BCUT2D eigenvalue weighted by Gasteiger charge is 2.27. The largest absolute Gasteiger partial charge is 0.105 e. The predicted molar refractivity (Wildman–Crippen MR) is 81.1 cm³/mol. The minimum absolute atomic E-state index is 0.247. The van der Waals surface area contributed by atoms with E-state index in [0.717, 1.165) is 3.53 Å². The molecular weight excluding hydrogens is 240 g/mol. The van der Waals surface area contributed by atoms with E-state index in [4.69, 9.17) is 12.2 Å². The highest BCUT2D eigenvalue weighted by Crippen LogP contribution is 2.40. The Bertz CT molecular complexity index is 211. The molecule has 0 saturated heterocycles. The van der Waals surface area contributed by atoms with Gasteiger partial charge >= 0.3 is 0 Å². The van der Waals surface area contributed by atoms with Gasteiger partial charge in [-0.2, -0.15) is 0 Å². The summed E-state index contributed by atoms with van der Waals surface area (Å²) in [7, 11) is 0. The van der Waals surface area contributed by atoms with E-state index in [0.29, 0.717) is 10.7 Å². The minimum atomic E-state index is 0.247.